The van der Waals surface area contributed by atoms with Gasteiger partial charge in [-0.25, -0.2) is 0 Å². The molecular weight excluding hydrogens is 424 g/mol. The maximum atomic E-state index is 3.76. The fourth-order valence-electron chi connectivity index (χ4n) is 3.20. The number of hydrogen-bond donors (Lipinski definition) is 0. The lowest BCUT2D eigenvalue weighted by Gasteiger charge is -2.23. The molecule has 0 N–H and O–H groups in total. The van der Waals surface area contributed by atoms with Crippen LogP contribution in [0.15, 0.2) is 45.3 Å². The van der Waals surface area contributed by atoms with E-state index >= 15 is 0 Å². The summed E-state index contributed by atoms with van der Waals surface area (Å²) in [5, 5.41) is 5.16. The summed E-state index contributed by atoms with van der Waals surface area (Å²) in [6.07, 6.45) is 0. The zero-order valence-electron chi connectivity index (χ0n) is 15.2. The van der Waals surface area contributed by atoms with Crippen LogP contribution in [-0.2, 0) is 10.8 Å². The van der Waals surface area contributed by atoms with Gasteiger partial charge in [-0.1, -0.05) is 73.4 Å². The molecule has 126 valence electrons. The predicted octanol–water partition coefficient (Wildman–Crippen LogP) is 8.11. The highest BCUT2D eigenvalue weighted by molar-refractivity contribution is 9.10. The molecule has 3 aromatic carbocycles. The molecule has 0 aliphatic carbocycles. The first-order valence-electron chi connectivity index (χ1n) is 8.34. The van der Waals surface area contributed by atoms with Gasteiger partial charge in [0.25, 0.3) is 0 Å². The molecule has 0 fully saturated rings. The molecule has 0 amide bonds. The molecule has 0 aliphatic heterocycles. The third-order valence-corrected chi connectivity index (χ3v) is 5.90. The van der Waals surface area contributed by atoms with E-state index in [0.717, 1.165) is 0 Å². The summed E-state index contributed by atoms with van der Waals surface area (Å²) in [4.78, 5) is 0. The Bertz CT molecular complexity index is 863. The number of rotatable bonds is 0. The van der Waals surface area contributed by atoms with Gasteiger partial charge in [0.05, 0.1) is 0 Å². The van der Waals surface area contributed by atoms with Gasteiger partial charge in [0.2, 0.25) is 0 Å². The topological polar surface area (TPSA) is 0 Å². The molecule has 0 radical (unpaired) electrons. The second-order valence-electron chi connectivity index (χ2n) is 8.71. The molecule has 24 heavy (non-hydrogen) atoms. The first-order chi connectivity index (χ1) is 11.0. The molecule has 0 aliphatic rings. The molecule has 0 unspecified atom stereocenters. The first-order valence-corrected chi connectivity index (χ1v) is 9.93. The Morgan fingerprint density at radius 3 is 1.08 bits per heavy atom. The van der Waals surface area contributed by atoms with E-state index in [1.165, 1.54) is 41.6 Å². The van der Waals surface area contributed by atoms with Crippen molar-refractivity contribution in [2.24, 2.45) is 0 Å². The first kappa shape index (κ1) is 17.9. The zero-order valence-corrected chi connectivity index (χ0v) is 18.4. The Morgan fingerprint density at radius 1 is 0.500 bits per heavy atom. The van der Waals surface area contributed by atoms with Crippen LogP contribution in [0.4, 0.5) is 0 Å². The van der Waals surface area contributed by atoms with Crippen molar-refractivity contribution in [3.8, 4) is 0 Å². The maximum absolute atomic E-state index is 3.76. The Labute approximate surface area is 161 Å². The molecule has 0 saturated carbocycles. The average molecular weight is 448 g/mol. The van der Waals surface area contributed by atoms with Crippen molar-refractivity contribution in [3.05, 3.63) is 56.5 Å². The molecule has 0 bridgehead atoms. The fraction of sp³-hybridized carbons (Fsp3) is 0.364. The fourth-order valence-corrected chi connectivity index (χ4v) is 5.11. The molecular formula is C22H24Br2. The van der Waals surface area contributed by atoms with E-state index in [4.69, 9.17) is 0 Å². The van der Waals surface area contributed by atoms with Crippen molar-refractivity contribution in [1.29, 1.82) is 0 Å². The minimum absolute atomic E-state index is 0.123. The monoisotopic (exact) mass is 446 g/mol. The standard InChI is InChI=1S/C22H24Br2/c1-21(2,3)17-9-13-7-14-10-18(22(4,5)6)20(24)12-16(14)8-15(13)11-19(17)23/h7-12H,1-6H3. The van der Waals surface area contributed by atoms with Crippen molar-refractivity contribution in [1.82, 2.24) is 0 Å². The van der Waals surface area contributed by atoms with E-state index in [0.29, 0.717) is 0 Å². The van der Waals surface area contributed by atoms with Crippen LogP contribution in [0.2, 0.25) is 0 Å². The average Bonchev–Trinajstić information content (AvgIpc) is 2.41. The van der Waals surface area contributed by atoms with E-state index in [2.05, 4.69) is 110 Å². The van der Waals surface area contributed by atoms with E-state index in [9.17, 15) is 0 Å². The van der Waals surface area contributed by atoms with Gasteiger partial charge in [-0.2, -0.15) is 0 Å². The van der Waals surface area contributed by atoms with Gasteiger partial charge in [0.1, 0.15) is 0 Å². The SMILES string of the molecule is CC(C)(C)c1cc2cc3cc(C(C)(C)C)c(Br)cc3cc2cc1Br. The van der Waals surface area contributed by atoms with Gasteiger partial charge in [-0.05, 0) is 79.9 Å². The van der Waals surface area contributed by atoms with Crippen LogP contribution in [0.3, 0.4) is 0 Å². The van der Waals surface area contributed by atoms with Crippen LogP contribution >= 0.6 is 31.9 Å². The van der Waals surface area contributed by atoms with Crippen LogP contribution < -0.4 is 0 Å². The number of fused-ring (bicyclic) bond motifs is 2. The summed E-state index contributed by atoms with van der Waals surface area (Å²) in [5.41, 5.74) is 2.95. The molecule has 3 aromatic rings. The van der Waals surface area contributed by atoms with Crippen LogP contribution in [-0.4, -0.2) is 0 Å². The van der Waals surface area contributed by atoms with Crippen molar-refractivity contribution in [3.63, 3.8) is 0 Å². The maximum Gasteiger partial charge on any atom is 0.0219 e. The normalized spacial score (nSPS) is 13.0. The lowest BCUT2D eigenvalue weighted by molar-refractivity contribution is 0.588. The van der Waals surface area contributed by atoms with Crippen molar-refractivity contribution >= 4 is 53.4 Å². The van der Waals surface area contributed by atoms with E-state index in [1.54, 1.807) is 0 Å². The molecule has 0 nitrogen and oxygen atoms in total. The Balaban J connectivity index is 2.33. The highest BCUT2D eigenvalue weighted by Crippen LogP contribution is 2.37. The van der Waals surface area contributed by atoms with Gasteiger partial charge < -0.3 is 0 Å². The summed E-state index contributed by atoms with van der Waals surface area (Å²) in [7, 11) is 0. The van der Waals surface area contributed by atoms with Crippen LogP contribution in [0.5, 0.6) is 0 Å². The summed E-state index contributed by atoms with van der Waals surface area (Å²) < 4.78 is 2.37. The second-order valence-corrected chi connectivity index (χ2v) is 10.4. The minimum Gasteiger partial charge on any atom is -0.0560 e. The smallest absolute Gasteiger partial charge is 0.0219 e. The third-order valence-electron chi connectivity index (χ3n) is 4.58. The highest BCUT2D eigenvalue weighted by atomic mass is 79.9. The van der Waals surface area contributed by atoms with Gasteiger partial charge >= 0.3 is 0 Å². The molecule has 2 heteroatoms. The molecule has 0 spiro atoms. The van der Waals surface area contributed by atoms with Crippen molar-refractivity contribution < 1.29 is 0 Å². The third kappa shape index (κ3) is 3.28. The molecule has 3 rings (SSSR count). The van der Waals surface area contributed by atoms with Gasteiger partial charge in [-0.15, -0.1) is 0 Å². The lowest BCUT2D eigenvalue weighted by Crippen LogP contribution is -2.12. The van der Waals surface area contributed by atoms with Crippen LogP contribution in [0.25, 0.3) is 21.5 Å². The second kappa shape index (κ2) is 5.85. The molecule has 0 atom stereocenters. The van der Waals surface area contributed by atoms with E-state index in [1.807, 2.05) is 0 Å². The Kier molecular flexibility index (Phi) is 4.37. The van der Waals surface area contributed by atoms with Crippen molar-refractivity contribution in [2.75, 3.05) is 0 Å². The number of halogens is 2. The number of benzene rings is 3. The van der Waals surface area contributed by atoms with Crippen LogP contribution in [0.1, 0.15) is 52.7 Å². The van der Waals surface area contributed by atoms with E-state index < -0.39 is 0 Å². The minimum atomic E-state index is 0.123. The molecule has 0 aromatic heterocycles. The van der Waals surface area contributed by atoms with E-state index in [-0.39, 0.29) is 10.8 Å². The predicted molar refractivity (Wildman–Crippen MR) is 114 cm³/mol. The largest absolute Gasteiger partial charge is 0.0560 e. The van der Waals surface area contributed by atoms with Gasteiger partial charge in [-0.3, -0.25) is 0 Å². The van der Waals surface area contributed by atoms with Gasteiger partial charge in [0, 0.05) is 8.95 Å². The van der Waals surface area contributed by atoms with Gasteiger partial charge in [0.15, 0.2) is 0 Å². The number of hydrogen-bond acceptors (Lipinski definition) is 0. The van der Waals surface area contributed by atoms with Crippen molar-refractivity contribution in [2.45, 2.75) is 52.4 Å². The zero-order chi connectivity index (χ0) is 17.9. The summed E-state index contributed by atoms with van der Waals surface area (Å²) in [6, 6.07) is 13.8. The summed E-state index contributed by atoms with van der Waals surface area (Å²) >= 11 is 7.52. The summed E-state index contributed by atoms with van der Waals surface area (Å²) in [6.45, 7) is 13.6. The Morgan fingerprint density at radius 2 is 0.792 bits per heavy atom. The highest BCUT2D eigenvalue weighted by Gasteiger charge is 2.20. The molecule has 0 heterocycles. The quantitative estimate of drug-likeness (QED) is 0.305. The Hall–Kier alpha value is -0.860. The molecule has 0 saturated heterocycles. The van der Waals surface area contributed by atoms with Crippen LogP contribution in [0, 0.1) is 0 Å². The lowest BCUT2D eigenvalue weighted by atomic mass is 9.84. The summed E-state index contributed by atoms with van der Waals surface area (Å²) in [5.74, 6) is 0.